The van der Waals surface area contributed by atoms with Gasteiger partial charge in [-0.1, -0.05) is 41.5 Å². The zero-order chi connectivity index (χ0) is 22.4. The molecule has 0 radical (unpaired) electrons. The second kappa shape index (κ2) is 11.3. The molecule has 1 rings (SSSR count). The maximum atomic E-state index is 14.2. The number of halogens is 5. The van der Waals surface area contributed by atoms with Crippen molar-refractivity contribution < 1.29 is 32.7 Å². The average molecular weight is 473 g/mol. The Morgan fingerprint density at radius 3 is 1.10 bits per heavy atom. The molecule has 0 N–H and O–H groups in total. The maximum absolute atomic E-state index is 14.2. The summed E-state index contributed by atoms with van der Waals surface area (Å²) in [6.45, 7) is 11.8. The van der Waals surface area contributed by atoms with Crippen LogP contribution in [0, 0.1) is 29.1 Å². The van der Waals surface area contributed by atoms with Gasteiger partial charge in [0.25, 0.3) is 0 Å². The van der Waals surface area contributed by atoms with Gasteiger partial charge in [-0.2, -0.15) is 8.78 Å². The summed E-state index contributed by atoms with van der Waals surface area (Å²) < 4.78 is 87.0. The van der Waals surface area contributed by atoms with Crippen LogP contribution in [0.3, 0.4) is 0 Å². The Kier molecular flexibility index (Phi) is 10.3. The molecule has 0 bridgehead atoms. The third-order valence-corrected chi connectivity index (χ3v) is 19.6. The number of benzene rings is 1. The summed E-state index contributed by atoms with van der Waals surface area (Å²) in [6, 6.07) is 4.37. The van der Waals surface area contributed by atoms with Crippen molar-refractivity contribution in [3.05, 3.63) is 29.1 Å². The quantitative estimate of drug-likeness (QED) is 0.145. The Morgan fingerprint density at radius 1 is 0.552 bits per heavy atom. The van der Waals surface area contributed by atoms with Crippen LogP contribution in [-0.2, 0) is 6.96 Å². The molecular formula is C18H30AlF5O3Si2. The van der Waals surface area contributed by atoms with E-state index in [1.165, 1.54) is 0 Å². The standard InChI is InChI=1S/C6HF5O.2C6H15OSi.Al/c7-1-2(8)4(10)6(12)5(11)3(1)9;2*1-4-8(7,5-2)6-3;/h12H;2*4-6H2,1-3H3;/q;2*-1;+3/p-1. The molecule has 166 valence electrons. The van der Waals surface area contributed by atoms with Crippen molar-refractivity contribution in [2.75, 3.05) is 0 Å². The molecule has 3 nitrogen and oxygen atoms in total. The average Bonchev–Trinajstić information content (AvgIpc) is 2.75. The lowest BCUT2D eigenvalue weighted by Gasteiger charge is -2.36. The third-order valence-electron chi connectivity index (χ3n) is 5.94. The van der Waals surface area contributed by atoms with Gasteiger partial charge in [-0.3, -0.25) is 0 Å². The van der Waals surface area contributed by atoms with Crippen LogP contribution in [0.15, 0.2) is 0 Å². The van der Waals surface area contributed by atoms with Crippen LogP contribution in [0.1, 0.15) is 41.5 Å². The van der Waals surface area contributed by atoms with E-state index in [1.807, 2.05) is 41.5 Å². The number of rotatable bonds is 12. The zero-order valence-electron chi connectivity index (χ0n) is 17.9. The molecule has 0 heterocycles. The largest absolute Gasteiger partial charge is 0.979 e. The summed E-state index contributed by atoms with van der Waals surface area (Å²) in [7, 11) is -4.64. The van der Waals surface area contributed by atoms with E-state index in [9.17, 15) is 22.0 Å². The minimum Gasteiger partial charge on any atom is -0.595 e. The second-order valence-electron chi connectivity index (χ2n) is 7.03. The minimum atomic E-state index is -3.24. The molecule has 0 saturated carbocycles. The van der Waals surface area contributed by atoms with E-state index in [4.69, 9.17) is 10.7 Å². The molecule has 0 aliphatic rings. The lowest BCUT2D eigenvalue weighted by Crippen LogP contribution is -2.52. The van der Waals surface area contributed by atoms with Gasteiger partial charge in [0.1, 0.15) is 0 Å². The smallest absolute Gasteiger partial charge is 0.595 e. The van der Waals surface area contributed by atoms with Gasteiger partial charge < -0.3 is 10.7 Å². The highest BCUT2D eigenvalue weighted by Gasteiger charge is 2.49. The van der Waals surface area contributed by atoms with Gasteiger partial charge in [0.15, 0.2) is 22.4 Å². The minimum absolute atomic E-state index is 0.728. The van der Waals surface area contributed by atoms with Crippen molar-refractivity contribution in [3.8, 4) is 5.75 Å². The van der Waals surface area contributed by atoms with Crippen LogP contribution in [-0.4, -0.2) is 31.8 Å². The fraction of sp³-hybridized carbons (Fsp3) is 0.667. The van der Waals surface area contributed by atoms with Gasteiger partial charge in [-0.25, -0.2) is 13.2 Å². The molecule has 0 aliphatic heterocycles. The molecule has 0 amide bonds. The van der Waals surface area contributed by atoms with Crippen LogP contribution in [0.4, 0.5) is 22.0 Å². The predicted molar refractivity (Wildman–Crippen MR) is 109 cm³/mol. The first-order valence-electron chi connectivity index (χ1n) is 10.1. The van der Waals surface area contributed by atoms with Gasteiger partial charge in [-0.15, -0.1) is 0 Å². The summed E-state index contributed by atoms with van der Waals surface area (Å²) in [5.41, 5.74) is 0. The van der Waals surface area contributed by atoms with Crippen molar-refractivity contribution in [3.63, 3.8) is 0 Å². The van der Waals surface area contributed by atoms with Gasteiger partial charge in [0.2, 0.25) is 29.1 Å². The first kappa shape index (κ1) is 26.6. The highest BCUT2D eigenvalue weighted by molar-refractivity contribution is 6.82. The topological polar surface area (TPSA) is 27.7 Å². The second-order valence-corrected chi connectivity index (χ2v) is 18.7. The highest BCUT2D eigenvalue weighted by Crippen LogP contribution is 2.33. The molecule has 0 saturated heterocycles. The van der Waals surface area contributed by atoms with Crippen molar-refractivity contribution in [2.24, 2.45) is 0 Å². The molecule has 11 heteroatoms. The Balaban J connectivity index is 3.43. The number of hydrogen-bond acceptors (Lipinski definition) is 3. The Hall–Kier alpha value is -0.444. The van der Waals surface area contributed by atoms with Crippen LogP contribution in [0.2, 0.25) is 36.3 Å². The van der Waals surface area contributed by atoms with Crippen molar-refractivity contribution in [1.29, 1.82) is 0 Å². The summed E-state index contributed by atoms with van der Waals surface area (Å²) in [5.74, 6) is -11.6. The molecule has 1 aromatic carbocycles. The lowest BCUT2D eigenvalue weighted by molar-refractivity contribution is 0.267. The van der Waals surface area contributed by atoms with Crippen molar-refractivity contribution in [2.45, 2.75) is 77.8 Å². The molecule has 0 fully saturated rings. The Bertz CT molecular complexity index is 620. The SMILES string of the molecule is CC[Si](CC)(CC)[O][Al]([O]c1c(F)c(F)c(F)c(F)c1F)[O][Si](CC)(CC)CC. The van der Waals surface area contributed by atoms with E-state index in [0.717, 1.165) is 36.3 Å². The summed E-state index contributed by atoms with van der Waals surface area (Å²) in [4.78, 5) is 0. The van der Waals surface area contributed by atoms with Gasteiger partial charge in [0.05, 0.1) is 0 Å². The first-order valence-corrected chi connectivity index (χ1v) is 16.6. The monoisotopic (exact) mass is 472 g/mol. The molecule has 0 unspecified atom stereocenters. The fourth-order valence-electron chi connectivity index (χ4n) is 3.26. The van der Waals surface area contributed by atoms with E-state index < -0.39 is 66.6 Å². The van der Waals surface area contributed by atoms with E-state index in [-0.39, 0.29) is 0 Å². The molecule has 0 spiro atoms. The summed E-state index contributed by atoms with van der Waals surface area (Å²) in [6.07, 6.45) is 0. The summed E-state index contributed by atoms with van der Waals surface area (Å²) >= 11 is -3.24. The van der Waals surface area contributed by atoms with E-state index in [0.29, 0.717) is 0 Å². The third kappa shape index (κ3) is 5.83. The predicted octanol–water partition coefficient (Wildman–Crippen LogP) is 6.79. The Morgan fingerprint density at radius 2 is 0.828 bits per heavy atom. The maximum Gasteiger partial charge on any atom is 0.979 e. The van der Waals surface area contributed by atoms with Crippen LogP contribution < -0.4 is 3.79 Å². The fourth-order valence-corrected chi connectivity index (χ4v) is 14.9. The molecule has 0 aromatic heterocycles. The molecule has 1 aromatic rings. The van der Waals surface area contributed by atoms with Crippen LogP contribution in [0.25, 0.3) is 0 Å². The molecule has 0 atom stereocenters. The van der Waals surface area contributed by atoms with Crippen LogP contribution in [0.5, 0.6) is 5.75 Å². The highest BCUT2D eigenvalue weighted by atomic mass is 28.4. The summed E-state index contributed by atoms with van der Waals surface area (Å²) in [5, 5.41) is 0. The molecule has 0 aliphatic carbocycles. The van der Waals surface area contributed by atoms with E-state index in [1.54, 1.807) is 0 Å². The van der Waals surface area contributed by atoms with Gasteiger partial charge in [0, 0.05) is 0 Å². The molecular weight excluding hydrogens is 442 g/mol. The van der Waals surface area contributed by atoms with E-state index in [2.05, 4.69) is 0 Å². The number of hydrogen-bond donors (Lipinski definition) is 0. The van der Waals surface area contributed by atoms with Crippen molar-refractivity contribution >= 4 is 31.8 Å². The zero-order valence-corrected chi connectivity index (χ0v) is 21.1. The first-order chi connectivity index (χ1) is 13.6. The Labute approximate surface area is 177 Å². The van der Waals surface area contributed by atoms with Crippen LogP contribution >= 0.6 is 0 Å². The van der Waals surface area contributed by atoms with E-state index >= 15 is 0 Å². The van der Waals surface area contributed by atoms with Gasteiger partial charge in [-0.05, 0) is 36.3 Å². The van der Waals surface area contributed by atoms with Gasteiger partial charge >= 0.3 is 15.1 Å². The molecule has 29 heavy (non-hydrogen) atoms. The lowest BCUT2D eigenvalue weighted by atomic mass is 10.3. The normalized spacial score (nSPS) is 12.4. The van der Waals surface area contributed by atoms with Crippen molar-refractivity contribution in [1.82, 2.24) is 0 Å².